The summed E-state index contributed by atoms with van der Waals surface area (Å²) in [5.74, 6) is 6.95. The number of nitrogens with zero attached hydrogens (tertiary/aromatic N) is 1. The Morgan fingerprint density at radius 1 is 1.15 bits per heavy atom. The van der Waals surface area contributed by atoms with Gasteiger partial charge < -0.3 is 5.32 Å². The van der Waals surface area contributed by atoms with E-state index in [1.165, 1.54) is 86.0 Å². The molecular weight excluding hydrogens is 328 g/mol. The van der Waals surface area contributed by atoms with Gasteiger partial charge in [0.25, 0.3) is 0 Å². The fourth-order valence-corrected chi connectivity index (χ4v) is 4.99. The van der Waals surface area contributed by atoms with E-state index in [0.717, 1.165) is 13.0 Å². The Morgan fingerprint density at radius 2 is 1.85 bits per heavy atom. The van der Waals surface area contributed by atoms with E-state index in [9.17, 15) is 0 Å². The van der Waals surface area contributed by atoms with E-state index in [0.29, 0.717) is 0 Å². The third-order valence-corrected chi connectivity index (χ3v) is 6.66. The van der Waals surface area contributed by atoms with Gasteiger partial charge in [0, 0.05) is 23.7 Å². The lowest BCUT2D eigenvalue weighted by atomic mass is 9.73. The number of rotatable bonds is 5. The molecule has 1 heterocycles. The zero-order chi connectivity index (χ0) is 19.3. The van der Waals surface area contributed by atoms with Crippen LogP contribution >= 0.6 is 0 Å². The van der Waals surface area contributed by atoms with Crippen LogP contribution in [0.25, 0.3) is 0 Å². The van der Waals surface area contributed by atoms with Gasteiger partial charge in [-0.05, 0) is 74.9 Å². The van der Waals surface area contributed by atoms with Gasteiger partial charge in [-0.25, -0.2) is 0 Å². The first-order valence-corrected chi connectivity index (χ1v) is 10.8. The Labute approximate surface area is 166 Å². The molecule has 146 valence electrons. The van der Waals surface area contributed by atoms with Crippen molar-refractivity contribution >= 4 is 0 Å². The van der Waals surface area contributed by atoms with Crippen molar-refractivity contribution in [2.75, 3.05) is 26.7 Å². The number of nitrogens with one attached hydrogen (secondary N) is 1. The molecule has 0 unspecified atom stereocenters. The molecule has 2 fully saturated rings. The SMILES string of the molecule is C=C(NC)C1(c2cc(CC)c(C#CCN3CCCCC3)cc2C)CCCC1. The highest BCUT2D eigenvalue weighted by molar-refractivity contribution is 5.51. The van der Waals surface area contributed by atoms with Gasteiger partial charge in [-0.15, -0.1) is 0 Å². The Balaban J connectivity index is 1.88. The minimum atomic E-state index is 0.0997. The van der Waals surface area contributed by atoms with Gasteiger partial charge in [0.05, 0.1) is 6.54 Å². The summed E-state index contributed by atoms with van der Waals surface area (Å²) in [7, 11) is 2.01. The van der Waals surface area contributed by atoms with Crippen LogP contribution in [0.1, 0.15) is 74.1 Å². The van der Waals surface area contributed by atoms with Crippen molar-refractivity contribution in [3.63, 3.8) is 0 Å². The van der Waals surface area contributed by atoms with Crippen LogP contribution in [0.15, 0.2) is 24.4 Å². The van der Waals surface area contributed by atoms with Crippen molar-refractivity contribution in [3.05, 3.63) is 46.7 Å². The Hall–Kier alpha value is -1.72. The molecule has 0 spiro atoms. The van der Waals surface area contributed by atoms with Gasteiger partial charge >= 0.3 is 0 Å². The molecule has 0 amide bonds. The third-order valence-electron chi connectivity index (χ3n) is 6.66. The molecule has 27 heavy (non-hydrogen) atoms. The highest BCUT2D eigenvalue weighted by Gasteiger charge is 2.39. The molecule has 2 heteroatoms. The van der Waals surface area contributed by atoms with E-state index in [-0.39, 0.29) is 5.41 Å². The standard InChI is InChI=1S/C25H36N2/c1-5-22-19-24(25(21(3)26-4)13-7-8-14-25)20(2)18-23(22)12-11-17-27-15-9-6-10-16-27/h18-19,26H,3,5-10,13-17H2,1-2,4H3. The highest BCUT2D eigenvalue weighted by atomic mass is 15.1. The Morgan fingerprint density at radius 3 is 2.48 bits per heavy atom. The van der Waals surface area contributed by atoms with Crippen LogP contribution in [0.2, 0.25) is 0 Å². The second-order valence-corrected chi connectivity index (χ2v) is 8.33. The number of aryl methyl sites for hydroxylation is 2. The molecule has 0 bridgehead atoms. The summed E-state index contributed by atoms with van der Waals surface area (Å²) in [5, 5.41) is 3.37. The van der Waals surface area contributed by atoms with Gasteiger partial charge in [-0.3, -0.25) is 4.90 Å². The largest absolute Gasteiger partial charge is 0.391 e. The van der Waals surface area contributed by atoms with E-state index in [4.69, 9.17) is 0 Å². The molecule has 2 nitrogen and oxygen atoms in total. The van der Waals surface area contributed by atoms with E-state index in [2.05, 4.69) is 54.6 Å². The van der Waals surface area contributed by atoms with E-state index < -0.39 is 0 Å². The first-order valence-electron chi connectivity index (χ1n) is 10.8. The molecule has 1 aromatic carbocycles. The number of hydrogen-bond acceptors (Lipinski definition) is 2. The lowest BCUT2D eigenvalue weighted by molar-refractivity contribution is 0.255. The number of likely N-dealkylation sites (tertiary alicyclic amines) is 1. The fraction of sp³-hybridized carbons (Fsp3) is 0.600. The average Bonchev–Trinajstić information content (AvgIpc) is 3.19. The van der Waals surface area contributed by atoms with Gasteiger partial charge in [0.15, 0.2) is 0 Å². The molecular formula is C25H36N2. The molecule has 1 aliphatic carbocycles. The number of hydrogen-bond donors (Lipinski definition) is 1. The zero-order valence-electron chi connectivity index (χ0n) is 17.6. The second-order valence-electron chi connectivity index (χ2n) is 8.33. The normalized spacial score (nSPS) is 19.4. The average molecular weight is 365 g/mol. The van der Waals surface area contributed by atoms with Crippen molar-refractivity contribution in [2.24, 2.45) is 0 Å². The monoisotopic (exact) mass is 364 g/mol. The minimum absolute atomic E-state index is 0.0997. The summed E-state index contributed by atoms with van der Waals surface area (Å²) in [6, 6.07) is 4.77. The maximum atomic E-state index is 4.38. The van der Waals surface area contributed by atoms with Crippen LogP contribution in [0.5, 0.6) is 0 Å². The lowest BCUT2D eigenvalue weighted by Gasteiger charge is -2.34. The van der Waals surface area contributed by atoms with E-state index in [1.807, 2.05) is 7.05 Å². The molecule has 0 radical (unpaired) electrons. The molecule has 0 atom stereocenters. The van der Waals surface area contributed by atoms with Crippen molar-refractivity contribution in [1.29, 1.82) is 0 Å². The van der Waals surface area contributed by atoms with Crippen LogP contribution in [0, 0.1) is 18.8 Å². The van der Waals surface area contributed by atoms with Crippen molar-refractivity contribution < 1.29 is 0 Å². The Bertz CT molecular complexity index is 723. The Kier molecular flexibility index (Phi) is 6.66. The molecule has 3 rings (SSSR count). The lowest BCUT2D eigenvalue weighted by Crippen LogP contribution is -2.32. The van der Waals surface area contributed by atoms with Crippen molar-refractivity contribution in [1.82, 2.24) is 10.2 Å². The summed E-state index contributed by atoms with van der Waals surface area (Å²) in [6.07, 6.45) is 10.1. The highest BCUT2D eigenvalue weighted by Crippen LogP contribution is 2.46. The zero-order valence-corrected chi connectivity index (χ0v) is 17.6. The van der Waals surface area contributed by atoms with Crippen LogP contribution < -0.4 is 5.32 Å². The third kappa shape index (κ3) is 4.25. The molecule has 1 aliphatic heterocycles. The fourth-order valence-electron chi connectivity index (χ4n) is 4.99. The van der Waals surface area contributed by atoms with Gasteiger partial charge in [0.2, 0.25) is 0 Å². The van der Waals surface area contributed by atoms with Crippen molar-refractivity contribution in [3.8, 4) is 11.8 Å². The molecule has 0 aromatic heterocycles. The van der Waals surface area contributed by atoms with Crippen LogP contribution in [0.3, 0.4) is 0 Å². The topological polar surface area (TPSA) is 15.3 Å². The molecule has 1 saturated carbocycles. The number of piperidine rings is 1. The first kappa shape index (κ1) is 20.0. The predicted octanol–water partition coefficient (Wildman–Crippen LogP) is 4.94. The van der Waals surface area contributed by atoms with E-state index in [1.54, 1.807) is 0 Å². The summed E-state index contributed by atoms with van der Waals surface area (Å²) < 4.78 is 0. The second kappa shape index (κ2) is 8.98. The first-order chi connectivity index (χ1) is 13.1. The molecule has 1 aromatic rings. The smallest absolute Gasteiger partial charge is 0.0605 e. The van der Waals surface area contributed by atoms with Crippen LogP contribution in [-0.4, -0.2) is 31.6 Å². The van der Waals surface area contributed by atoms with Gasteiger partial charge in [0.1, 0.15) is 0 Å². The van der Waals surface area contributed by atoms with Crippen LogP contribution in [-0.2, 0) is 11.8 Å². The van der Waals surface area contributed by atoms with E-state index >= 15 is 0 Å². The predicted molar refractivity (Wildman–Crippen MR) is 116 cm³/mol. The minimum Gasteiger partial charge on any atom is -0.391 e. The van der Waals surface area contributed by atoms with Gasteiger partial charge in [-0.2, -0.15) is 0 Å². The summed E-state index contributed by atoms with van der Waals surface area (Å²) in [6.45, 7) is 12.2. The molecule has 1 saturated heterocycles. The summed E-state index contributed by atoms with van der Waals surface area (Å²) in [4.78, 5) is 2.49. The summed E-state index contributed by atoms with van der Waals surface area (Å²) >= 11 is 0. The maximum Gasteiger partial charge on any atom is 0.0605 e. The maximum absolute atomic E-state index is 4.38. The van der Waals surface area contributed by atoms with Crippen molar-refractivity contribution in [2.45, 2.75) is 70.6 Å². The number of allylic oxidation sites excluding steroid dienone is 1. The molecule has 2 aliphatic rings. The molecule has 1 N–H and O–H groups in total. The quantitative estimate of drug-likeness (QED) is 0.745. The summed E-state index contributed by atoms with van der Waals surface area (Å²) in [5.41, 5.74) is 6.72. The van der Waals surface area contributed by atoms with Gasteiger partial charge in [-0.1, -0.05) is 50.7 Å². The number of benzene rings is 1. The number of likely N-dealkylation sites (N-methyl/N-ethyl adjacent to an activating group) is 1. The van der Waals surface area contributed by atoms with Crippen LogP contribution in [0.4, 0.5) is 0 Å².